The summed E-state index contributed by atoms with van der Waals surface area (Å²) >= 11 is 1.33. The van der Waals surface area contributed by atoms with Crippen molar-refractivity contribution in [1.29, 1.82) is 0 Å². The van der Waals surface area contributed by atoms with Crippen LogP contribution in [0.5, 0.6) is 11.5 Å². The summed E-state index contributed by atoms with van der Waals surface area (Å²) in [7, 11) is 3.12. The molecule has 1 amide bonds. The monoisotopic (exact) mass is 421 g/mol. The number of hydrogen-bond acceptors (Lipinski definition) is 7. The van der Waals surface area contributed by atoms with E-state index in [4.69, 9.17) is 9.47 Å². The number of nitrogens with one attached hydrogen (secondary N) is 1. The maximum absolute atomic E-state index is 12.4. The molecule has 4 rings (SSSR count). The number of carbonyl (C=O) groups is 1. The topological polar surface area (TPSA) is 91.2 Å². The predicted molar refractivity (Wildman–Crippen MR) is 116 cm³/mol. The van der Waals surface area contributed by atoms with Crippen molar-refractivity contribution in [1.82, 2.24) is 19.7 Å². The molecule has 30 heavy (non-hydrogen) atoms. The highest BCUT2D eigenvalue weighted by atomic mass is 32.2. The number of nitrogens with zero attached hydrogens (tertiary/aromatic N) is 4. The fourth-order valence-electron chi connectivity index (χ4n) is 2.94. The third-order valence-corrected chi connectivity index (χ3v) is 5.34. The molecule has 9 heteroatoms. The maximum Gasteiger partial charge on any atom is 0.234 e. The number of para-hydroxylation sites is 1. The molecule has 0 aliphatic heterocycles. The van der Waals surface area contributed by atoms with E-state index in [2.05, 4.69) is 20.4 Å². The summed E-state index contributed by atoms with van der Waals surface area (Å²) in [6.45, 7) is 0. The molecule has 0 saturated heterocycles. The van der Waals surface area contributed by atoms with Crippen LogP contribution in [0.4, 0.5) is 5.69 Å². The fourth-order valence-corrected chi connectivity index (χ4v) is 3.70. The molecule has 8 nitrogen and oxygen atoms in total. The lowest BCUT2D eigenvalue weighted by atomic mass is 10.2. The van der Waals surface area contributed by atoms with Gasteiger partial charge in [-0.25, -0.2) is 14.6 Å². The molecule has 0 aliphatic rings. The number of amides is 1. The maximum atomic E-state index is 12.4. The standard InChI is InChI=1S/C21H19N5O3S/c1-28-17-9-8-14(10-18(17)29-2)25-19(27)12-30-21-16-11-24-26(20(16)22-13-23-21)15-6-4-3-5-7-15/h3-11,13H,12H2,1-2H3,(H,25,27). The first-order valence-corrected chi connectivity index (χ1v) is 10.1. The second-order valence-electron chi connectivity index (χ2n) is 6.21. The highest BCUT2D eigenvalue weighted by molar-refractivity contribution is 8.00. The van der Waals surface area contributed by atoms with Crippen molar-refractivity contribution in [2.45, 2.75) is 5.03 Å². The van der Waals surface area contributed by atoms with Crippen LogP contribution in [0.15, 0.2) is 66.1 Å². The van der Waals surface area contributed by atoms with Gasteiger partial charge in [0.2, 0.25) is 5.91 Å². The second-order valence-corrected chi connectivity index (χ2v) is 7.18. The van der Waals surface area contributed by atoms with Gasteiger partial charge in [0.25, 0.3) is 0 Å². The molecule has 0 saturated carbocycles. The molecule has 0 atom stereocenters. The molecule has 0 unspecified atom stereocenters. The highest BCUT2D eigenvalue weighted by Crippen LogP contribution is 2.30. The van der Waals surface area contributed by atoms with Crippen molar-refractivity contribution in [2.24, 2.45) is 0 Å². The Morgan fingerprint density at radius 1 is 1.07 bits per heavy atom. The number of anilines is 1. The molecular formula is C21H19N5O3S. The van der Waals surface area contributed by atoms with Crippen LogP contribution in [-0.2, 0) is 4.79 Å². The summed E-state index contributed by atoms with van der Waals surface area (Å²) in [5, 5.41) is 8.78. The lowest BCUT2D eigenvalue weighted by molar-refractivity contribution is -0.113. The Kier molecular flexibility index (Phi) is 5.80. The number of thioether (sulfide) groups is 1. The number of rotatable bonds is 7. The number of hydrogen-bond donors (Lipinski definition) is 1. The third kappa shape index (κ3) is 4.06. The summed E-state index contributed by atoms with van der Waals surface area (Å²) in [6, 6.07) is 15.0. The number of aromatic nitrogens is 4. The Morgan fingerprint density at radius 3 is 2.63 bits per heavy atom. The lowest BCUT2D eigenvalue weighted by Gasteiger charge is -2.10. The minimum atomic E-state index is -0.158. The van der Waals surface area contributed by atoms with Crippen LogP contribution in [0, 0.1) is 0 Å². The van der Waals surface area contributed by atoms with Gasteiger partial charge >= 0.3 is 0 Å². The smallest absolute Gasteiger partial charge is 0.234 e. The molecule has 2 heterocycles. The van der Waals surface area contributed by atoms with Gasteiger partial charge in [0.15, 0.2) is 17.1 Å². The van der Waals surface area contributed by atoms with E-state index in [9.17, 15) is 4.79 Å². The number of fused-ring (bicyclic) bond motifs is 1. The molecule has 0 aliphatic carbocycles. The number of ether oxygens (including phenoxy) is 2. The van der Waals surface area contributed by atoms with Gasteiger partial charge in [-0.2, -0.15) is 5.10 Å². The van der Waals surface area contributed by atoms with Crippen LogP contribution in [0.2, 0.25) is 0 Å². The van der Waals surface area contributed by atoms with E-state index in [0.29, 0.717) is 27.9 Å². The lowest BCUT2D eigenvalue weighted by Crippen LogP contribution is -2.14. The molecule has 2 aromatic carbocycles. The van der Waals surface area contributed by atoms with Crippen LogP contribution in [0.25, 0.3) is 16.7 Å². The van der Waals surface area contributed by atoms with Crippen molar-refractivity contribution >= 4 is 34.4 Å². The zero-order chi connectivity index (χ0) is 20.9. The Balaban J connectivity index is 1.47. The summed E-state index contributed by atoms with van der Waals surface area (Å²) < 4.78 is 12.2. The molecule has 2 aromatic heterocycles. The number of carbonyl (C=O) groups excluding carboxylic acids is 1. The van der Waals surface area contributed by atoms with Crippen LogP contribution in [0.3, 0.4) is 0 Å². The molecule has 152 valence electrons. The van der Waals surface area contributed by atoms with Crippen molar-refractivity contribution in [3.05, 3.63) is 61.1 Å². The van der Waals surface area contributed by atoms with E-state index in [1.165, 1.54) is 18.1 Å². The van der Waals surface area contributed by atoms with Gasteiger partial charge in [-0.05, 0) is 24.3 Å². The summed E-state index contributed by atoms with van der Waals surface area (Å²) in [5.41, 5.74) is 2.23. The zero-order valence-electron chi connectivity index (χ0n) is 16.4. The zero-order valence-corrected chi connectivity index (χ0v) is 17.2. The first-order valence-electron chi connectivity index (χ1n) is 9.08. The van der Waals surface area contributed by atoms with Crippen molar-refractivity contribution in [3.8, 4) is 17.2 Å². The van der Waals surface area contributed by atoms with E-state index in [1.807, 2.05) is 30.3 Å². The number of methoxy groups -OCH3 is 2. The molecule has 1 N–H and O–H groups in total. The molecule has 0 radical (unpaired) electrons. The van der Waals surface area contributed by atoms with Crippen molar-refractivity contribution < 1.29 is 14.3 Å². The normalized spacial score (nSPS) is 10.7. The van der Waals surface area contributed by atoms with Crippen LogP contribution in [0.1, 0.15) is 0 Å². The Morgan fingerprint density at radius 2 is 1.87 bits per heavy atom. The first kappa shape index (κ1) is 19.7. The van der Waals surface area contributed by atoms with E-state index in [1.54, 1.807) is 43.3 Å². The Bertz CT molecular complexity index is 1180. The van der Waals surface area contributed by atoms with Crippen LogP contribution in [-0.4, -0.2) is 45.6 Å². The van der Waals surface area contributed by atoms with Crippen LogP contribution >= 0.6 is 11.8 Å². The van der Waals surface area contributed by atoms with Crippen molar-refractivity contribution in [3.63, 3.8) is 0 Å². The Hall–Kier alpha value is -3.59. The summed E-state index contributed by atoms with van der Waals surface area (Å²) in [6.07, 6.45) is 3.20. The van der Waals surface area contributed by atoms with E-state index < -0.39 is 0 Å². The van der Waals surface area contributed by atoms with Gasteiger partial charge in [-0.1, -0.05) is 30.0 Å². The predicted octanol–water partition coefficient (Wildman–Crippen LogP) is 3.56. The Labute approximate surface area is 177 Å². The molecular weight excluding hydrogens is 402 g/mol. The molecule has 0 spiro atoms. The van der Waals surface area contributed by atoms with Gasteiger partial charge in [-0.15, -0.1) is 0 Å². The average molecular weight is 421 g/mol. The van der Waals surface area contributed by atoms with Gasteiger partial charge in [-0.3, -0.25) is 4.79 Å². The van der Waals surface area contributed by atoms with Crippen molar-refractivity contribution in [2.75, 3.05) is 25.3 Å². The average Bonchev–Trinajstić information content (AvgIpc) is 3.23. The fraction of sp³-hybridized carbons (Fsp3) is 0.143. The number of benzene rings is 2. The largest absolute Gasteiger partial charge is 0.493 e. The van der Waals surface area contributed by atoms with Gasteiger partial charge in [0.05, 0.1) is 37.2 Å². The van der Waals surface area contributed by atoms with Crippen LogP contribution < -0.4 is 14.8 Å². The first-order chi connectivity index (χ1) is 14.7. The van der Waals surface area contributed by atoms with E-state index in [0.717, 1.165) is 11.1 Å². The minimum absolute atomic E-state index is 0.158. The third-order valence-electron chi connectivity index (χ3n) is 4.34. The van der Waals surface area contributed by atoms with Gasteiger partial charge in [0, 0.05) is 11.8 Å². The molecule has 0 fully saturated rings. The molecule has 4 aromatic rings. The van der Waals surface area contributed by atoms with Gasteiger partial charge < -0.3 is 14.8 Å². The van der Waals surface area contributed by atoms with E-state index >= 15 is 0 Å². The molecule has 0 bridgehead atoms. The quantitative estimate of drug-likeness (QED) is 0.360. The minimum Gasteiger partial charge on any atom is -0.493 e. The summed E-state index contributed by atoms with van der Waals surface area (Å²) in [4.78, 5) is 21.1. The van der Waals surface area contributed by atoms with Gasteiger partial charge in [0.1, 0.15) is 11.4 Å². The second kappa shape index (κ2) is 8.83. The highest BCUT2D eigenvalue weighted by Gasteiger charge is 2.13. The van der Waals surface area contributed by atoms with E-state index in [-0.39, 0.29) is 11.7 Å². The summed E-state index contributed by atoms with van der Waals surface area (Å²) in [5.74, 6) is 1.18. The SMILES string of the molecule is COc1ccc(NC(=O)CSc2ncnc3c2cnn3-c2ccccc2)cc1OC.